The number of tetrazole rings is 1. The van der Waals surface area contributed by atoms with Crippen LogP contribution >= 0.6 is 0 Å². The van der Waals surface area contributed by atoms with Gasteiger partial charge in [-0.1, -0.05) is 0 Å². The first-order chi connectivity index (χ1) is 8.94. The molecule has 7 nitrogen and oxygen atoms in total. The molecule has 0 saturated carbocycles. The average molecular weight is 273 g/mol. The number of aromatic nitrogens is 4. The van der Waals surface area contributed by atoms with Gasteiger partial charge in [0.1, 0.15) is 5.75 Å². The number of aromatic amines is 1. The molecule has 0 spiro atoms. The number of benzene rings is 1. The zero-order valence-electron chi connectivity index (χ0n) is 9.10. The summed E-state index contributed by atoms with van der Waals surface area (Å²) in [6.45, 7) is 0. The molecule has 0 atom stereocenters. The van der Waals surface area contributed by atoms with Crippen LogP contribution in [0, 0.1) is 0 Å². The second kappa shape index (κ2) is 4.92. The lowest BCUT2D eigenvalue weighted by Gasteiger charge is -2.09. The summed E-state index contributed by atoms with van der Waals surface area (Å²) in [5.41, 5.74) is 0.268. The van der Waals surface area contributed by atoms with Crippen LogP contribution in [-0.2, 0) is 0 Å². The third-order valence-corrected chi connectivity index (χ3v) is 1.89. The highest BCUT2D eigenvalue weighted by Gasteiger charge is 2.30. The molecular formula is C9H6F3N5O2. The van der Waals surface area contributed by atoms with Crippen LogP contribution in [0.3, 0.4) is 0 Å². The van der Waals surface area contributed by atoms with Crippen LogP contribution in [0.25, 0.3) is 0 Å². The predicted octanol–water partition coefficient (Wildman–Crippen LogP) is 1.35. The van der Waals surface area contributed by atoms with E-state index in [1.54, 1.807) is 0 Å². The quantitative estimate of drug-likeness (QED) is 0.880. The van der Waals surface area contributed by atoms with Gasteiger partial charge in [0.05, 0.1) is 0 Å². The molecule has 1 heterocycles. The molecule has 0 bridgehead atoms. The molecule has 0 radical (unpaired) electrons. The van der Waals surface area contributed by atoms with Crippen LogP contribution in [0.1, 0.15) is 10.6 Å². The largest absolute Gasteiger partial charge is 0.573 e. The molecular weight excluding hydrogens is 267 g/mol. The molecule has 10 heteroatoms. The Morgan fingerprint density at radius 3 is 2.47 bits per heavy atom. The monoisotopic (exact) mass is 273 g/mol. The summed E-state index contributed by atoms with van der Waals surface area (Å²) in [7, 11) is 0. The first-order valence-electron chi connectivity index (χ1n) is 4.85. The Labute approximate surface area is 103 Å². The number of amides is 1. The van der Waals surface area contributed by atoms with E-state index in [2.05, 4.69) is 30.7 Å². The standard InChI is InChI=1S/C9H6F3N5O2/c10-9(11,12)19-6-3-1-5(2-4-6)13-8(18)7-14-16-17-15-7/h1-4H,(H,13,18)(H,14,15,16,17). The van der Waals surface area contributed by atoms with Gasteiger partial charge in [-0.15, -0.1) is 23.4 Å². The molecule has 0 saturated heterocycles. The summed E-state index contributed by atoms with van der Waals surface area (Å²) >= 11 is 0. The van der Waals surface area contributed by atoms with Crippen molar-refractivity contribution in [2.24, 2.45) is 0 Å². The van der Waals surface area contributed by atoms with Crippen molar-refractivity contribution in [3.05, 3.63) is 30.1 Å². The van der Waals surface area contributed by atoms with Crippen LogP contribution in [-0.4, -0.2) is 32.9 Å². The number of ether oxygens (including phenoxy) is 1. The van der Waals surface area contributed by atoms with Crippen LogP contribution in [0.5, 0.6) is 5.75 Å². The van der Waals surface area contributed by atoms with E-state index in [0.29, 0.717) is 0 Å². The Morgan fingerprint density at radius 1 is 1.26 bits per heavy atom. The highest BCUT2D eigenvalue weighted by molar-refractivity contribution is 6.01. The van der Waals surface area contributed by atoms with Crippen molar-refractivity contribution in [2.45, 2.75) is 6.36 Å². The van der Waals surface area contributed by atoms with Crippen molar-refractivity contribution in [3.8, 4) is 5.75 Å². The highest BCUT2D eigenvalue weighted by Crippen LogP contribution is 2.23. The van der Waals surface area contributed by atoms with Crippen molar-refractivity contribution in [1.82, 2.24) is 20.6 Å². The van der Waals surface area contributed by atoms with Gasteiger partial charge in [-0.3, -0.25) is 4.79 Å². The van der Waals surface area contributed by atoms with Gasteiger partial charge in [0, 0.05) is 5.69 Å². The van der Waals surface area contributed by atoms with Crippen LogP contribution in [0.15, 0.2) is 24.3 Å². The number of hydrogen-bond donors (Lipinski definition) is 2. The van der Waals surface area contributed by atoms with Crippen LogP contribution in [0.4, 0.5) is 18.9 Å². The minimum atomic E-state index is -4.75. The fourth-order valence-corrected chi connectivity index (χ4v) is 1.18. The summed E-state index contributed by atoms with van der Waals surface area (Å²) in [5.74, 6) is -1.21. The van der Waals surface area contributed by atoms with Gasteiger partial charge in [-0.05, 0) is 29.5 Å². The van der Waals surface area contributed by atoms with E-state index in [1.165, 1.54) is 12.1 Å². The van der Waals surface area contributed by atoms with Gasteiger partial charge in [-0.2, -0.15) is 5.21 Å². The second-order valence-electron chi connectivity index (χ2n) is 3.26. The zero-order valence-corrected chi connectivity index (χ0v) is 9.10. The fourth-order valence-electron chi connectivity index (χ4n) is 1.18. The molecule has 0 aliphatic rings. The van der Waals surface area contributed by atoms with Crippen LogP contribution < -0.4 is 10.1 Å². The van der Waals surface area contributed by atoms with Gasteiger partial charge in [0.2, 0.25) is 0 Å². The number of hydrogen-bond acceptors (Lipinski definition) is 5. The van der Waals surface area contributed by atoms with E-state index in [-0.39, 0.29) is 17.3 Å². The fraction of sp³-hybridized carbons (Fsp3) is 0.111. The normalized spacial score (nSPS) is 11.1. The lowest BCUT2D eigenvalue weighted by atomic mass is 10.3. The summed E-state index contributed by atoms with van der Waals surface area (Å²) < 4.78 is 39.4. The molecule has 0 aliphatic carbocycles. The van der Waals surface area contributed by atoms with E-state index < -0.39 is 12.3 Å². The van der Waals surface area contributed by atoms with Gasteiger partial charge >= 0.3 is 6.36 Å². The average Bonchev–Trinajstić information content (AvgIpc) is 2.83. The van der Waals surface area contributed by atoms with Gasteiger partial charge < -0.3 is 10.1 Å². The van der Waals surface area contributed by atoms with Crippen molar-refractivity contribution < 1.29 is 22.7 Å². The molecule has 0 aliphatic heterocycles. The number of rotatable bonds is 3. The topological polar surface area (TPSA) is 92.8 Å². The second-order valence-corrected chi connectivity index (χ2v) is 3.26. The van der Waals surface area contributed by atoms with Crippen molar-refractivity contribution in [1.29, 1.82) is 0 Å². The third-order valence-electron chi connectivity index (χ3n) is 1.89. The highest BCUT2D eigenvalue weighted by atomic mass is 19.4. The molecule has 2 N–H and O–H groups in total. The lowest BCUT2D eigenvalue weighted by molar-refractivity contribution is -0.274. The molecule has 2 aromatic rings. The number of anilines is 1. The zero-order chi connectivity index (χ0) is 13.9. The SMILES string of the molecule is O=C(Nc1ccc(OC(F)(F)F)cc1)c1nn[nH]n1. The number of carbonyl (C=O) groups excluding carboxylic acids is 1. The minimum absolute atomic E-state index is 0.185. The Morgan fingerprint density at radius 2 is 1.95 bits per heavy atom. The number of carbonyl (C=O) groups is 1. The van der Waals surface area contributed by atoms with Crippen molar-refractivity contribution in [3.63, 3.8) is 0 Å². The van der Waals surface area contributed by atoms with E-state index in [1.807, 2.05) is 0 Å². The summed E-state index contributed by atoms with van der Waals surface area (Å²) in [4.78, 5) is 11.5. The van der Waals surface area contributed by atoms with Gasteiger partial charge in [0.25, 0.3) is 11.7 Å². The maximum absolute atomic E-state index is 11.9. The minimum Gasteiger partial charge on any atom is -0.406 e. The number of alkyl halides is 3. The molecule has 0 unspecified atom stereocenters. The number of nitrogens with one attached hydrogen (secondary N) is 2. The molecule has 19 heavy (non-hydrogen) atoms. The number of H-pyrrole nitrogens is 1. The van der Waals surface area contributed by atoms with Gasteiger partial charge in [0.15, 0.2) is 0 Å². The molecule has 0 fully saturated rings. The molecule has 1 aromatic heterocycles. The Kier molecular flexibility index (Phi) is 3.31. The van der Waals surface area contributed by atoms with E-state index >= 15 is 0 Å². The maximum atomic E-state index is 11.9. The molecule has 2 rings (SSSR count). The number of halogens is 3. The molecule has 1 aromatic carbocycles. The number of nitrogens with zero attached hydrogens (tertiary/aromatic N) is 3. The van der Waals surface area contributed by atoms with E-state index in [4.69, 9.17) is 0 Å². The Hall–Kier alpha value is -2.65. The molecule has 100 valence electrons. The third kappa shape index (κ3) is 3.66. The van der Waals surface area contributed by atoms with Crippen molar-refractivity contribution in [2.75, 3.05) is 5.32 Å². The maximum Gasteiger partial charge on any atom is 0.573 e. The first kappa shape index (κ1) is 12.8. The predicted molar refractivity (Wildman–Crippen MR) is 55.3 cm³/mol. The van der Waals surface area contributed by atoms with Crippen molar-refractivity contribution >= 4 is 11.6 Å². The van der Waals surface area contributed by atoms with Gasteiger partial charge in [-0.25, -0.2) is 0 Å². The first-order valence-corrected chi connectivity index (χ1v) is 4.85. The summed E-state index contributed by atoms with van der Waals surface area (Å²) in [6, 6.07) is 4.64. The lowest BCUT2D eigenvalue weighted by Crippen LogP contribution is -2.17. The smallest absolute Gasteiger partial charge is 0.406 e. The van der Waals surface area contributed by atoms with E-state index in [9.17, 15) is 18.0 Å². The Bertz CT molecular complexity index is 552. The van der Waals surface area contributed by atoms with E-state index in [0.717, 1.165) is 12.1 Å². The summed E-state index contributed by atoms with van der Waals surface area (Å²) in [6.07, 6.45) is -4.75. The Balaban J connectivity index is 2.01. The molecule has 1 amide bonds. The summed E-state index contributed by atoms with van der Waals surface area (Å²) in [5, 5.41) is 14.6. The van der Waals surface area contributed by atoms with Crippen LogP contribution in [0.2, 0.25) is 0 Å².